The number of benzene rings is 3. The number of methoxy groups -OCH3 is 1. The average molecular weight is 595 g/mol. The number of sulfonamides is 1. The minimum atomic E-state index is -3.68. The normalized spacial score (nSPS) is 11.4. The Kier molecular flexibility index (Phi) is 9.36. The molecule has 3 rings (SSSR count). The molecule has 1 amide bonds. The van der Waals surface area contributed by atoms with Crippen molar-refractivity contribution in [3.63, 3.8) is 0 Å². The Morgan fingerprint density at radius 2 is 1.89 bits per heavy atom. The first-order valence-electron chi connectivity index (χ1n) is 10.7. The number of anilines is 1. The lowest BCUT2D eigenvalue weighted by Crippen LogP contribution is -2.39. The van der Waals surface area contributed by atoms with Crippen LogP contribution in [0.4, 0.5) is 5.69 Å². The van der Waals surface area contributed by atoms with Crippen LogP contribution in [0.5, 0.6) is 11.5 Å². The van der Waals surface area contributed by atoms with Gasteiger partial charge in [0.05, 0.1) is 29.7 Å². The Morgan fingerprint density at radius 3 is 2.53 bits per heavy atom. The van der Waals surface area contributed by atoms with Gasteiger partial charge in [0.25, 0.3) is 5.91 Å². The number of carbonyl (C=O) groups excluding carboxylic acids is 1. The van der Waals surface area contributed by atoms with Gasteiger partial charge in [0, 0.05) is 5.02 Å². The largest absolute Gasteiger partial charge is 0.493 e. The van der Waals surface area contributed by atoms with Crippen LogP contribution in [0.1, 0.15) is 16.7 Å². The highest BCUT2D eigenvalue weighted by molar-refractivity contribution is 9.10. The second kappa shape index (κ2) is 12.2. The van der Waals surface area contributed by atoms with Gasteiger partial charge in [-0.2, -0.15) is 5.10 Å². The van der Waals surface area contributed by atoms with E-state index in [0.29, 0.717) is 38.9 Å². The molecule has 0 atom stereocenters. The number of carbonyl (C=O) groups is 1. The molecule has 36 heavy (non-hydrogen) atoms. The van der Waals surface area contributed by atoms with E-state index in [1.165, 1.54) is 13.3 Å². The van der Waals surface area contributed by atoms with Crippen molar-refractivity contribution >= 4 is 55.4 Å². The number of amides is 1. The number of rotatable bonds is 10. The smallest absolute Gasteiger partial charge is 0.260 e. The van der Waals surface area contributed by atoms with Gasteiger partial charge in [0.15, 0.2) is 11.5 Å². The number of aryl methyl sites for hydroxylation is 1. The summed E-state index contributed by atoms with van der Waals surface area (Å²) in [5.74, 6) is 0.386. The van der Waals surface area contributed by atoms with Crippen molar-refractivity contribution in [1.29, 1.82) is 0 Å². The fourth-order valence-corrected chi connectivity index (χ4v) is 4.77. The molecule has 0 saturated heterocycles. The number of nitrogens with one attached hydrogen (secondary N) is 1. The minimum Gasteiger partial charge on any atom is -0.493 e. The van der Waals surface area contributed by atoms with Crippen LogP contribution in [0.3, 0.4) is 0 Å². The van der Waals surface area contributed by atoms with Gasteiger partial charge in [-0.1, -0.05) is 35.9 Å². The standard InChI is InChI=1S/C25H25BrClN3O5S/c1-17-5-4-6-21(11-17)30(36(3,32)33)15-24(31)29-28-14-19-12-22(26)25(23(13-19)34-2)35-16-18-7-9-20(27)10-8-18/h4-14H,15-16H2,1-3H3,(H,29,31)/b28-14-. The quantitative estimate of drug-likeness (QED) is 0.266. The molecule has 3 aromatic rings. The number of halogens is 2. The van der Waals surface area contributed by atoms with Crippen molar-refractivity contribution in [3.8, 4) is 11.5 Å². The maximum absolute atomic E-state index is 12.4. The van der Waals surface area contributed by atoms with Crippen molar-refractivity contribution in [1.82, 2.24) is 5.43 Å². The molecule has 8 nitrogen and oxygen atoms in total. The third-order valence-corrected chi connectivity index (χ3v) is 6.91. The highest BCUT2D eigenvalue weighted by atomic mass is 79.9. The lowest BCUT2D eigenvalue weighted by atomic mass is 10.2. The van der Waals surface area contributed by atoms with E-state index in [1.807, 2.05) is 25.1 Å². The zero-order valence-corrected chi connectivity index (χ0v) is 23.0. The second-order valence-corrected chi connectivity index (χ2v) is 11.0. The first-order valence-corrected chi connectivity index (χ1v) is 13.7. The molecule has 0 aliphatic rings. The van der Waals surface area contributed by atoms with Gasteiger partial charge in [0.2, 0.25) is 10.0 Å². The SMILES string of the molecule is COc1cc(/C=N\NC(=O)CN(c2cccc(C)c2)S(C)(=O)=O)cc(Br)c1OCc1ccc(Cl)cc1. The van der Waals surface area contributed by atoms with Crippen molar-refractivity contribution < 1.29 is 22.7 Å². The van der Waals surface area contributed by atoms with Crippen LogP contribution in [-0.2, 0) is 21.4 Å². The average Bonchev–Trinajstić information content (AvgIpc) is 2.82. The molecule has 0 unspecified atom stereocenters. The van der Waals surface area contributed by atoms with Crippen LogP contribution in [0.15, 0.2) is 70.2 Å². The summed E-state index contributed by atoms with van der Waals surface area (Å²) in [6, 6.07) is 17.7. The fourth-order valence-electron chi connectivity index (χ4n) is 3.22. The minimum absolute atomic E-state index is 0.313. The van der Waals surface area contributed by atoms with Gasteiger partial charge in [0.1, 0.15) is 13.2 Å². The van der Waals surface area contributed by atoms with E-state index in [-0.39, 0.29) is 0 Å². The molecular formula is C25H25BrClN3O5S. The molecule has 0 spiro atoms. The molecule has 0 aromatic heterocycles. The number of hydrogen-bond donors (Lipinski definition) is 1. The Labute approximate surface area is 224 Å². The molecule has 0 aliphatic carbocycles. The van der Waals surface area contributed by atoms with Gasteiger partial charge in [-0.15, -0.1) is 0 Å². The molecule has 0 aliphatic heterocycles. The van der Waals surface area contributed by atoms with Gasteiger partial charge in [-0.3, -0.25) is 9.10 Å². The maximum atomic E-state index is 12.4. The number of hydrogen-bond acceptors (Lipinski definition) is 6. The van der Waals surface area contributed by atoms with Crippen molar-refractivity contribution in [2.75, 3.05) is 24.2 Å². The maximum Gasteiger partial charge on any atom is 0.260 e. The predicted molar refractivity (Wildman–Crippen MR) is 146 cm³/mol. The van der Waals surface area contributed by atoms with Crippen LogP contribution in [0.2, 0.25) is 5.02 Å². The zero-order valence-electron chi connectivity index (χ0n) is 19.9. The third kappa shape index (κ3) is 7.71. The third-order valence-electron chi connectivity index (χ3n) is 4.93. The summed E-state index contributed by atoms with van der Waals surface area (Å²) < 4.78 is 37.5. The summed E-state index contributed by atoms with van der Waals surface area (Å²) in [6.45, 7) is 1.74. The summed E-state index contributed by atoms with van der Waals surface area (Å²) in [5, 5.41) is 4.61. The van der Waals surface area contributed by atoms with E-state index in [2.05, 4.69) is 26.5 Å². The summed E-state index contributed by atoms with van der Waals surface area (Å²) in [6.07, 6.45) is 2.47. The summed E-state index contributed by atoms with van der Waals surface area (Å²) >= 11 is 9.41. The monoisotopic (exact) mass is 593 g/mol. The second-order valence-electron chi connectivity index (χ2n) is 7.85. The molecule has 3 aromatic carbocycles. The van der Waals surface area contributed by atoms with E-state index in [4.69, 9.17) is 21.1 Å². The van der Waals surface area contributed by atoms with E-state index >= 15 is 0 Å². The summed E-state index contributed by atoms with van der Waals surface area (Å²) in [7, 11) is -2.16. The Morgan fingerprint density at radius 1 is 1.17 bits per heavy atom. The van der Waals surface area contributed by atoms with Gasteiger partial charge in [-0.25, -0.2) is 13.8 Å². The molecule has 190 valence electrons. The van der Waals surface area contributed by atoms with Crippen molar-refractivity contribution in [2.24, 2.45) is 5.10 Å². The van der Waals surface area contributed by atoms with Crippen LogP contribution in [0, 0.1) is 6.92 Å². The summed E-state index contributed by atoms with van der Waals surface area (Å²) in [5.41, 5.74) is 5.21. The van der Waals surface area contributed by atoms with Crippen LogP contribution in [-0.4, -0.2) is 40.4 Å². The van der Waals surface area contributed by atoms with E-state index in [1.54, 1.807) is 42.5 Å². The number of hydrazone groups is 1. The first-order chi connectivity index (χ1) is 17.1. The molecule has 0 fully saturated rings. The van der Waals surface area contributed by atoms with Crippen LogP contribution < -0.4 is 19.2 Å². The topological polar surface area (TPSA) is 97.3 Å². The Hall–Kier alpha value is -3.08. The first kappa shape index (κ1) is 27.5. The number of ether oxygens (including phenoxy) is 2. The molecule has 0 heterocycles. The van der Waals surface area contributed by atoms with Crippen LogP contribution in [0.25, 0.3) is 0 Å². The molecular weight excluding hydrogens is 570 g/mol. The fraction of sp³-hybridized carbons (Fsp3) is 0.200. The van der Waals surface area contributed by atoms with Crippen LogP contribution >= 0.6 is 27.5 Å². The molecule has 11 heteroatoms. The van der Waals surface area contributed by atoms with E-state index in [0.717, 1.165) is 21.7 Å². The summed E-state index contributed by atoms with van der Waals surface area (Å²) in [4.78, 5) is 12.4. The highest BCUT2D eigenvalue weighted by Crippen LogP contribution is 2.37. The molecule has 0 saturated carbocycles. The van der Waals surface area contributed by atoms with Gasteiger partial charge < -0.3 is 9.47 Å². The number of nitrogens with zero attached hydrogens (tertiary/aromatic N) is 2. The Bertz CT molecular complexity index is 1360. The van der Waals surface area contributed by atoms with Crippen molar-refractivity contribution in [3.05, 3.63) is 86.8 Å². The highest BCUT2D eigenvalue weighted by Gasteiger charge is 2.20. The molecule has 0 radical (unpaired) electrons. The van der Waals surface area contributed by atoms with E-state index < -0.39 is 22.5 Å². The lowest BCUT2D eigenvalue weighted by molar-refractivity contribution is -0.119. The van der Waals surface area contributed by atoms with Gasteiger partial charge in [-0.05, 0) is 75.9 Å². The Balaban J connectivity index is 1.67. The predicted octanol–water partition coefficient (Wildman–Crippen LogP) is 4.91. The van der Waals surface area contributed by atoms with Crippen molar-refractivity contribution in [2.45, 2.75) is 13.5 Å². The lowest BCUT2D eigenvalue weighted by Gasteiger charge is -2.21. The van der Waals surface area contributed by atoms with E-state index in [9.17, 15) is 13.2 Å². The zero-order chi connectivity index (χ0) is 26.3. The van der Waals surface area contributed by atoms with Gasteiger partial charge >= 0.3 is 0 Å². The molecule has 1 N–H and O–H groups in total. The molecule has 0 bridgehead atoms.